The zero-order valence-corrected chi connectivity index (χ0v) is 29.0. The Morgan fingerprint density at radius 1 is 0.729 bits per heavy atom. The normalized spacial score (nSPS) is 13.5. The first-order chi connectivity index (χ1) is 22.8. The Kier molecular flexibility index (Phi) is 10.4. The number of pyridine rings is 4. The molecule has 0 fully saturated rings. The minimum Gasteiger partial charge on any atom is -0.324 e. The molecule has 4 heterocycles. The summed E-state index contributed by atoms with van der Waals surface area (Å²) >= 11 is 0. The first-order valence-electron chi connectivity index (χ1n) is 15.7. The number of aryl methyl sites for hydroxylation is 2. The van der Waals surface area contributed by atoms with Crippen LogP contribution in [0.5, 0.6) is 0 Å². The Hall–Kier alpha value is -4.51. The van der Waals surface area contributed by atoms with Crippen LogP contribution in [0.1, 0.15) is 69.0 Å². The standard InChI is InChI=1S/C21H24FN3OS.C17H16FN3/c1-13-10-15(22)11-16-19(18-8-6-7-9-23-18)17(12-24-20(13)16)14(2)25-27(26)21(3,4)5;1-10-7-12(18)8-13-16(15-5-3-4-6-20-15)14(11(2)19)9-21-17(10)13/h6-12,14,25H,1-5H3;3-9,11H,19H2,1-2H3. The third-order valence-corrected chi connectivity index (χ3v) is 9.63. The first-order valence-corrected chi connectivity index (χ1v) is 16.8. The highest BCUT2D eigenvalue weighted by atomic mass is 32.2. The molecule has 6 rings (SSSR count). The summed E-state index contributed by atoms with van der Waals surface area (Å²) in [6, 6.07) is 16.8. The van der Waals surface area contributed by atoms with Gasteiger partial charge in [0.2, 0.25) is 0 Å². The average molecular weight is 667 g/mol. The van der Waals surface area contributed by atoms with Crippen LogP contribution in [-0.2, 0) is 11.0 Å². The number of rotatable bonds is 6. The number of hydrogen-bond acceptors (Lipinski definition) is 6. The van der Waals surface area contributed by atoms with Crippen LogP contribution in [0.4, 0.5) is 8.78 Å². The molecule has 0 spiro atoms. The number of fused-ring (bicyclic) bond motifs is 2. The van der Waals surface area contributed by atoms with Gasteiger partial charge in [-0.2, -0.15) is 0 Å². The van der Waals surface area contributed by atoms with E-state index in [0.717, 1.165) is 61.2 Å². The molecule has 4 aromatic heterocycles. The predicted octanol–water partition coefficient (Wildman–Crippen LogP) is 8.62. The van der Waals surface area contributed by atoms with Crippen molar-refractivity contribution in [2.24, 2.45) is 5.73 Å². The Labute approximate surface area is 282 Å². The molecule has 10 heteroatoms. The SMILES string of the molecule is Cc1cc(F)cc2c(-c3ccccn3)c(C(C)N)cnc12.Cc1cc(F)cc2c(-c3ccccn3)c(C(C)NS(=O)C(C)(C)C)cnc12. The fourth-order valence-corrected chi connectivity index (χ4v) is 6.37. The molecule has 3 unspecified atom stereocenters. The Morgan fingerprint density at radius 2 is 1.19 bits per heavy atom. The van der Waals surface area contributed by atoms with Gasteiger partial charge in [0.05, 0.1) is 38.2 Å². The number of aromatic nitrogens is 4. The van der Waals surface area contributed by atoms with Crippen LogP contribution in [0.15, 0.2) is 85.5 Å². The molecule has 48 heavy (non-hydrogen) atoms. The van der Waals surface area contributed by atoms with Crippen LogP contribution in [0.25, 0.3) is 44.3 Å². The minimum absolute atomic E-state index is 0.206. The lowest BCUT2D eigenvalue weighted by atomic mass is 9.95. The third-order valence-electron chi connectivity index (χ3n) is 7.95. The molecular formula is C38H40F2N6OS. The smallest absolute Gasteiger partial charge is 0.124 e. The number of nitrogens with one attached hydrogen (secondary N) is 1. The number of nitrogens with zero attached hydrogens (tertiary/aromatic N) is 4. The van der Waals surface area contributed by atoms with E-state index < -0.39 is 15.7 Å². The zero-order valence-electron chi connectivity index (χ0n) is 28.2. The molecule has 0 bridgehead atoms. The lowest BCUT2D eigenvalue weighted by Crippen LogP contribution is -2.35. The molecule has 0 amide bonds. The van der Waals surface area contributed by atoms with Crippen molar-refractivity contribution in [2.45, 2.75) is 65.3 Å². The largest absolute Gasteiger partial charge is 0.324 e. The van der Waals surface area contributed by atoms with E-state index in [1.807, 2.05) is 84.9 Å². The van der Waals surface area contributed by atoms with E-state index in [9.17, 15) is 13.0 Å². The van der Waals surface area contributed by atoms with Crippen molar-refractivity contribution in [1.29, 1.82) is 0 Å². The van der Waals surface area contributed by atoms with Gasteiger partial charge in [-0.3, -0.25) is 19.9 Å². The van der Waals surface area contributed by atoms with Gasteiger partial charge in [0.15, 0.2) is 0 Å². The quantitative estimate of drug-likeness (QED) is 0.184. The molecule has 0 aliphatic heterocycles. The zero-order chi connectivity index (χ0) is 34.7. The molecule has 3 N–H and O–H groups in total. The van der Waals surface area contributed by atoms with Gasteiger partial charge in [-0.05, 0) is 119 Å². The number of halogens is 2. The summed E-state index contributed by atoms with van der Waals surface area (Å²) in [5.41, 5.74) is 14.0. The monoisotopic (exact) mass is 666 g/mol. The van der Waals surface area contributed by atoms with Gasteiger partial charge in [-0.15, -0.1) is 0 Å². The van der Waals surface area contributed by atoms with Gasteiger partial charge < -0.3 is 5.73 Å². The molecule has 248 valence electrons. The average Bonchev–Trinajstić information content (AvgIpc) is 3.04. The highest BCUT2D eigenvalue weighted by Crippen LogP contribution is 2.36. The molecule has 2 aromatic carbocycles. The molecule has 3 atom stereocenters. The summed E-state index contributed by atoms with van der Waals surface area (Å²) in [7, 11) is -1.25. The van der Waals surface area contributed by atoms with Gasteiger partial charge in [0.1, 0.15) is 11.6 Å². The fourth-order valence-electron chi connectivity index (χ4n) is 5.57. The number of benzene rings is 2. The van der Waals surface area contributed by atoms with Gasteiger partial charge in [0, 0.05) is 58.8 Å². The van der Waals surface area contributed by atoms with Crippen LogP contribution >= 0.6 is 0 Å². The number of hydrogen-bond donors (Lipinski definition) is 2. The summed E-state index contributed by atoms with van der Waals surface area (Å²) in [4.78, 5) is 17.9. The lowest BCUT2D eigenvalue weighted by molar-refractivity contribution is 0.616. The Morgan fingerprint density at radius 3 is 1.60 bits per heavy atom. The topological polar surface area (TPSA) is 107 Å². The van der Waals surface area contributed by atoms with Gasteiger partial charge in [-0.1, -0.05) is 12.1 Å². The maximum Gasteiger partial charge on any atom is 0.124 e. The van der Waals surface area contributed by atoms with Crippen LogP contribution in [-0.4, -0.2) is 28.9 Å². The summed E-state index contributed by atoms with van der Waals surface area (Å²) < 4.78 is 43.4. The summed E-state index contributed by atoms with van der Waals surface area (Å²) in [5, 5.41) is 1.46. The van der Waals surface area contributed by atoms with E-state index in [1.54, 1.807) is 24.8 Å². The third kappa shape index (κ3) is 7.46. The maximum absolute atomic E-state index is 14.2. The number of nitrogens with two attached hydrogens (primary N) is 1. The van der Waals surface area contributed by atoms with Crippen molar-refractivity contribution < 1.29 is 13.0 Å². The molecule has 7 nitrogen and oxygen atoms in total. The molecule has 0 radical (unpaired) electrons. The minimum atomic E-state index is -1.25. The lowest BCUT2D eigenvalue weighted by Gasteiger charge is -2.24. The summed E-state index contributed by atoms with van der Waals surface area (Å²) in [6.45, 7) is 13.3. The van der Waals surface area contributed by atoms with Crippen LogP contribution in [0, 0.1) is 25.5 Å². The van der Waals surface area contributed by atoms with Crippen molar-refractivity contribution in [2.75, 3.05) is 0 Å². The highest BCUT2D eigenvalue weighted by Gasteiger charge is 2.25. The van der Waals surface area contributed by atoms with Gasteiger partial charge in [-0.25, -0.2) is 17.7 Å². The Bertz CT molecular complexity index is 2100. The fraction of sp³-hybridized carbons (Fsp3) is 0.263. The second-order valence-electron chi connectivity index (χ2n) is 12.9. The van der Waals surface area contributed by atoms with Gasteiger partial charge >= 0.3 is 0 Å². The summed E-state index contributed by atoms with van der Waals surface area (Å²) in [5.74, 6) is -0.587. The molecule has 0 saturated carbocycles. The van der Waals surface area contributed by atoms with Crippen molar-refractivity contribution in [3.63, 3.8) is 0 Å². The van der Waals surface area contributed by atoms with E-state index in [-0.39, 0.29) is 23.7 Å². The van der Waals surface area contributed by atoms with E-state index in [1.165, 1.54) is 24.3 Å². The van der Waals surface area contributed by atoms with E-state index in [4.69, 9.17) is 5.73 Å². The molecule has 6 aromatic rings. The summed E-state index contributed by atoms with van der Waals surface area (Å²) in [6.07, 6.45) is 6.97. The maximum atomic E-state index is 14.2. The second kappa shape index (κ2) is 14.3. The van der Waals surface area contributed by atoms with E-state index in [2.05, 4.69) is 24.7 Å². The predicted molar refractivity (Wildman–Crippen MR) is 191 cm³/mol. The molecule has 0 aliphatic carbocycles. The molecule has 0 saturated heterocycles. The van der Waals surface area contributed by atoms with Crippen LogP contribution in [0.3, 0.4) is 0 Å². The van der Waals surface area contributed by atoms with E-state index >= 15 is 0 Å². The van der Waals surface area contributed by atoms with Gasteiger partial charge in [0.25, 0.3) is 0 Å². The second-order valence-corrected chi connectivity index (χ2v) is 14.9. The van der Waals surface area contributed by atoms with Crippen molar-refractivity contribution in [3.8, 4) is 22.5 Å². The molecular weight excluding hydrogens is 627 g/mol. The van der Waals surface area contributed by atoms with Crippen LogP contribution < -0.4 is 10.5 Å². The van der Waals surface area contributed by atoms with Crippen molar-refractivity contribution >= 4 is 32.8 Å². The van der Waals surface area contributed by atoms with Crippen LogP contribution in [0.2, 0.25) is 0 Å². The van der Waals surface area contributed by atoms with Crippen molar-refractivity contribution in [1.82, 2.24) is 24.7 Å². The highest BCUT2D eigenvalue weighted by molar-refractivity contribution is 7.84. The van der Waals surface area contributed by atoms with E-state index in [0.29, 0.717) is 5.39 Å². The Balaban J connectivity index is 0.000000194. The molecule has 0 aliphatic rings. The van der Waals surface area contributed by atoms with Crippen molar-refractivity contribution in [3.05, 3.63) is 119 Å². The first kappa shape index (κ1) is 34.8.